The molecule has 7 nitrogen and oxygen atoms in total. The highest BCUT2D eigenvalue weighted by molar-refractivity contribution is 5.83. The number of carbonyl (C=O) groups is 2. The van der Waals surface area contributed by atoms with Gasteiger partial charge in [-0.1, -0.05) is 32.9 Å². The van der Waals surface area contributed by atoms with Crippen LogP contribution in [0, 0.1) is 17.2 Å². The number of halogens is 1. The van der Waals surface area contributed by atoms with Crippen LogP contribution in [0.15, 0.2) is 24.3 Å². The van der Waals surface area contributed by atoms with Gasteiger partial charge in [0.25, 0.3) is 0 Å². The number of aliphatic hydroxyl groups excluding tert-OH is 1. The van der Waals surface area contributed by atoms with Gasteiger partial charge in [-0.15, -0.1) is 0 Å². The minimum Gasteiger partial charge on any atom is -0.485 e. The lowest BCUT2D eigenvalue weighted by Gasteiger charge is -2.43. The molecule has 1 aliphatic heterocycles. The van der Waals surface area contributed by atoms with Gasteiger partial charge in [0.2, 0.25) is 11.8 Å². The maximum atomic E-state index is 14.1. The van der Waals surface area contributed by atoms with Crippen molar-refractivity contribution in [3.63, 3.8) is 0 Å². The van der Waals surface area contributed by atoms with Crippen LogP contribution in [-0.2, 0) is 9.59 Å². The van der Waals surface area contributed by atoms with Gasteiger partial charge in [0.15, 0.2) is 11.6 Å². The predicted molar refractivity (Wildman–Crippen MR) is 120 cm³/mol. The molecule has 1 aliphatic carbocycles. The molecule has 0 unspecified atom stereocenters. The zero-order valence-electron chi connectivity index (χ0n) is 19.4. The molecule has 2 aliphatic rings. The molecule has 3 N–H and O–H groups in total. The molecule has 0 radical (unpaired) electrons. The third-order valence-electron chi connectivity index (χ3n) is 6.76. The molecule has 3 rings (SSSR count). The first kappa shape index (κ1) is 24.5. The summed E-state index contributed by atoms with van der Waals surface area (Å²) in [5.74, 6) is -0.408. The molecule has 32 heavy (non-hydrogen) atoms. The molecular formula is C24H36FN3O4. The molecule has 1 saturated carbocycles. The summed E-state index contributed by atoms with van der Waals surface area (Å²) in [6.45, 7) is 9.61. The molecule has 0 aromatic heterocycles. The van der Waals surface area contributed by atoms with E-state index in [2.05, 4.69) is 36.3 Å². The van der Waals surface area contributed by atoms with Crippen LogP contribution in [0.25, 0.3) is 0 Å². The lowest BCUT2D eigenvalue weighted by Crippen LogP contribution is -2.56. The van der Waals surface area contributed by atoms with E-state index in [1.807, 2.05) is 0 Å². The predicted octanol–water partition coefficient (Wildman–Crippen LogP) is 2.09. The average Bonchev–Trinajstić information content (AvgIpc) is 3.02. The van der Waals surface area contributed by atoms with Crippen molar-refractivity contribution < 1.29 is 23.8 Å². The molecule has 1 aromatic carbocycles. The van der Waals surface area contributed by atoms with Gasteiger partial charge in [-0.2, -0.15) is 0 Å². The Morgan fingerprint density at radius 2 is 1.88 bits per heavy atom. The number of ether oxygens (including phenoxy) is 1. The molecule has 0 bridgehead atoms. The number of amides is 2. The maximum Gasteiger partial charge on any atom is 0.239 e. The highest BCUT2D eigenvalue weighted by Gasteiger charge is 2.48. The number of piperidine rings is 1. The molecule has 1 heterocycles. The van der Waals surface area contributed by atoms with Gasteiger partial charge < -0.3 is 20.5 Å². The Morgan fingerprint density at radius 3 is 2.47 bits per heavy atom. The van der Waals surface area contributed by atoms with Crippen LogP contribution in [0.3, 0.4) is 0 Å². The SMILES string of the molecule is CC(=O)NCC(=O)N[C@@H]1C[C@@H](Oc2ccccc2F)[C@H](O)[C@H]1N1CCC(C(C)(C)C)CC1. The first-order chi connectivity index (χ1) is 15.1. The lowest BCUT2D eigenvalue weighted by molar-refractivity contribution is -0.125. The van der Waals surface area contributed by atoms with E-state index in [0.29, 0.717) is 12.3 Å². The number of nitrogens with one attached hydrogen (secondary N) is 2. The minimum atomic E-state index is -0.883. The highest BCUT2D eigenvalue weighted by Crippen LogP contribution is 2.37. The number of para-hydroxylation sites is 1. The summed E-state index contributed by atoms with van der Waals surface area (Å²) < 4.78 is 20.0. The van der Waals surface area contributed by atoms with E-state index < -0.39 is 18.0 Å². The van der Waals surface area contributed by atoms with Crippen molar-refractivity contribution in [2.45, 2.75) is 71.2 Å². The fraction of sp³-hybridized carbons (Fsp3) is 0.667. The Labute approximate surface area is 189 Å². The third kappa shape index (κ3) is 5.98. The maximum absolute atomic E-state index is 14.1. The summed E-state index contributed by atoms with van der Waals surface area (Å²) in [7, 11) is 0. The van der Waals surface area contributed by atoms with E-state index in [9.17, 15) is 19.1 Å². The Hall–Kier alpha value is -2.19. The number of benzene rings is 1. The standard InChI is InChI=1S/C24H36FN3O4/c1-15(29)26-14-21(30)27-18-13-20(32-19-8-6-5-7-17(19)25)23(31)22(18)28-11-9-16(10-12-28)24(2,3)4/h5-8,16,18,20,22-23,31H,9-14H2,1-4H3,(H,26,29)(H,27,30)/t18-,20-,22+,23+/m1/s1. The van der Waals surface area contributed by atoms with Crippen molar-refractivity contribution in [2.75, 3.05) is 19.6 Å². The number of nitrogens with zero attached hydrogens (tertiary/aromatic N) is 1. The third-order valence-corrected chi connectivity index (χ3v) is 6.76. The van der Waals surface area contributed by atoms with Crippen molar-refractivity contribution in [1.82, 2.24) is 15.5 Å². The van der Waals surface area contributed by atoms with Crippen molar-refractivity contribution in [1.29, 1.82) is 0 Å². The van der Waals surface area contributed by atoms with Gasteiger partial charge in [-0.05, 0) is 49.4 Å². The quantitative estimate of drug-likeness (QED) is 0.619. The van der Waals surface area contributed by atoms with E-state index in [1.54, 1.807) is 12.1 Å². The summed E-state index contributed by atoms with van der Waals surface area (Å²) in [5.41, 5.74) is 0.225. The molecule has 0 spiro atoms. The number of hydrogen-bond donors (Lipinski definition) is 3. The minimum absolute atomic E-state index is 0.0898. The zero-order valence-corrected chi connectivity index (χ0v) is 19.4. The second kappa shape index (κ2) is 10.2. The number of hydrogen-bond acceptors (Lipinski definition) is 5. The van der Waals surface area contributed by atoms with E-state index in [1.165, 1.54) is 19.1 Å². The number of likely N-dealkylation sites (tertiary alicyclic amines) is 1. The van der Waals surface area contributed by atoms with Crippen molar-refractivity contribution in [3.8, 4) is 5.75 Å². The summed E-state index contributed by atoms with van der Waals surface area (Å²) in [4.78, 5) is 25.8. The topological polar surface area (TPSA) is 90.9 Å². The first-order valence-electron chi connectivity index (χ1n) is 11.4. The molecule has 178 valence electrons. The molecule has 2 fully saturated rings. The molecule has 1 saturated heterocycles. The number of carbonyl (C=O) groups excluding carboxylic acids is 2. The number of aliphatic hydroxyl groups is 1. The van der Waals surface area contributed by atoms with Gasteiger partial charge >= 0.3 is 0 Å². The van der Waals surface area contributed by atoms with Gasteiger partial charge in [-0.3, -0.25) is 14.5 Å². The summed E-state index contributed by atoms with van der Waals surface area (Å²) in [6.07, 6.45) is 0.844. The molecule has 2 amide bonds. The smallest absolute Gasteiger partial charge is 0.239 e. The summed E-state index contributed by atoms with van der Waals surface area (Å²) in [6, 6.07) is 5.41. The highest BCUT2D eigenvalue weighted by atomic mass is 19.1. The lowest BCUT2D eigenvalue weighted by atomic mass is 9.75. The fourth-order valence-electron chi connectivity index (χ4n) is 4.95. The normalized spacial score (nSPS) is 27.2. The van der Waals surface area contributed by atoms with Gasteiger partial charge in [0, 0.05) is 13.3 Å². The van der Waals surface area contributed by atoms with E-state index in [-0.39, 0.29) is 41.6 Å². The molecule has 8 heteroatoms. The molecule has 1 aromatic rings. The second-order valence-corrected chi connectivity index (χ2v) is 10.1. The summed E-state index contributed by atoms with van der Waals surface area (Å²) >= 11 is 0. The Kier molecular flexibility index (Phi) is 7.77. The largest absolute Gasteiger partial charge is 0.485 e. The molecule has 4 atom stereocenters. The van der Waals surface area contributed by atoms with Gasteiger partial charge in [-0.25, -0.2) is 4.39 Å². The molecular weight excluding hydrogens is 413 g/mol. The Morgan fingerprint density at radius 1 is 1.22 bits per heavy atom. The Bertz CT molecular complexity index is 805. The van der Waals surface area contributed by atoms with Gasteiger partial charge in [0.1, 0.15) is 12.2 Å². The number of rotatable bonds is 6. The second-order valence-electron chi connectivity index (χ2n) is 10.1. The monoisotopic (exact) mass is 449 g/mol. The fourth-order valence-corrected chi connectivity index (χ4v) is 4.95. The van der Waals surface area contributed by atoms with Crippen LogP contribution in [0.1, 0.15) is 47.0 Å². The Balaban J connectivity index is 1.73. The summed E-state index contributed by atoms with van der Waals surface area (Å²) in [5, 5.41) is 16.6. The van der Waals surface area contributed by atoms with E-state index in [0.717, 1.165) is 25.9 Å². The van der Waals surface area contributed by atoms with Crippen LogP contribution in [0.2, 0.25) is 0 Å². The van der Waals surface area contributed by atoms with Crippen LogP contribution < -0.4 is 15.4 Å². The van der Waals surface area contributed by atoms with Crippen molar-refractivity contribution in [2.24, 2.45) is 11.3 Å². The van der Waals surface area contributed by atoms with E-state index in [4.69, 9.17) is 4.74 Å². The van der Waals surface area contributed by atoms with Crippen LogP contribution >= 0.6 is 0 Å². The zero-order chi connectivity index (χ0) is 23.5. The average molecular weight is 450 g/mol. The van der Waals surface area contributed by atoms with Crippen LogP contribution in [0.5, 0.6) is 5.75 Å². The van der Waals surface area contributed by atoms with Crippen molar-refractivity contribution in [3.05, 3.63) is 30.1 Å². The van der Waals surface area contributed by atoms with Crippen LogP contribution in [-0.4, -0.2) is 65.7 Å². The van der Waals surface area contributed by atoms with E-state index >= 15 is 0 Å². The van der Waals surface area contributed by atoms with Crippen LogP contribution in [0.4, 0.5) is 4.39 Å². The first-order valence-corrected chi connectivity index (χ1v) is 11.4. The van der Waals surface area contributed by atoms with Gasteiger partial charge in [0.05, 0.1) is 18.6 Å². The van der Waals surface area contributed by atoms with Crippen molar-refractivity contribution >= 4 is 11.8 Å².